The Morgan fingerprint density at radius 1 is 1.12 bits per heavy atom. The zero-order valence-corrected chi connectivity index (χ0v) is 13.3. The molecule has 0 radical (unpaired) electrons. The van der Waals surface area contributed by atoms with Crippen molar-refractivity contribution in [2.24, 2.45) is 0 Å². The summed E-state index contributed by atoms with van der Waals surface area (Å²) in [6, 6.07) is 18.4. The predicted molar refractivity (Wildman–Crippen MR) is 67.3 cm³/mol. The van der Waals surface area contributed by atoms with E-state index in [1.54, 1.807) is 0 Å². The van der Waals surface area contributed by atoms with Crippen molar-refractivity contribution in [1.29, 1.82) is 0 Å². The van der Waals surface area contributed by atoms with Gasteiger partial charge >= 0.3 is 27.7 Å². The standard InChI is InChI=1S/C8H12N.C5H5.ClH.Fe.Pd/c1-9(2)7-8-5-3-4-6-8;1-2-4-5-3-1;;;/h3-6H,7H2,1-2H3;1-5H;1H;;/q2*-1;;;+2/p-1. The summed E-state index contributed by atoms with van der Waals surface area (Å²) in [5.74, 6) is 0. The molecule has 0 amide bonds. The van der Waals surface area contributed by atoms with Crippen LogP contribution in [0.3, 0.4) is 0 Å². The van der Waals surface area contributed by atoms with Gasteiger partial charge in [-0.25, -0.2) is 24.3 Å². The minimum atomic E-state index is 0. The zero-order chi connectivity index (χ0) is 12.2. The predicted octanol–water partition coefficient (Wildman–Crippen LogP) is 3.56. The van der Waals surface area contributed by atoms with Crippen molar-refractivity contribution in [1.82, 2.24) is 4.90 Å². The molecular formula is C13H17ClFeNPd-. The van der Waals surface area contributed by atoms with Gasteiger partial charge in [-0.05, 0) is 20.6 Å². The van der Waals surface area contributed by atoms with Gasteiger partial charge in [0.2, 0.25) is 0 Å². The first kappa shape index (κ1) is 19.5. The van der Waals surface area contributed by atoms with E-state index in [-0.39, 0.29) is 17.1 Å². The molecular weight excluding hydrogens is 368 g/mol. The van der Waals surface area contributed by atoms with Crippen LogP contribution in [0.2, 0.25) is 0 Å². The summed E-state index contributed by atoms with van der Waals surface area (Å²) in [5, 5.41) is 0. The first-order valence-corrected chi connectivity index (χ1v) is 6.93. The normalized spacial score (nSPS) is 8.35. The average Bonchev–Trinajstić information content (AvgIpc) is 2.94. The molecule has 0 aromatic heterocycles. The quantitative estimate of drug-likeness (QED) is 0.565. The molecule has 17 heavy (non-hydrogen) atoms. The van der Waals surface area contributed by atoms with Crippen molar-refractivity contribution < 1.29 is 35.2 Å². The maximum Gasteiger partial charge on any atom is 0 e. The van der Waals surface area contributed by atoms with Gasteiger partial charge < -0.3 is 4.90 Å². The molecule has 0 heterocycles. The first-order valence-electron chi connectivity index (χ1n) is 4.93. The van der Waals surface area contributed by atoms with Gasteiger partial charge in [0, 0.05) is 17.1 Å². The van der Waals surface area contributed by atoms with E-state index >= 15 is 0 Å². The van der Waals surface area contributed by atoms with Crippen LogP contribution >= 0.6 is 9.53 Å². The van der Waals surface area contributed by atoms with Gasteiger partial charge in [-0.2, -0.15) is 35.9 Å². The number of rotatable bonds is 2. The molecule has 0 spiro atoms. The van der Waals surface area contributed by atoms with E-state index in [4.69, 9.17) is 0 Å². The van der Waals surface area contributed by atoms with Crippen LogP contribution in [0, 0.1) is 0 Å². The third-order valence-electron chi connectivity index (χ3n) is 1.79. The third kappa shape index (κ3) is 12.4. The largest absolute Gasteiger partial charge is 0.214 e. The second-order valence-electron chi connectivity index (χ2n) is 3.49. The van der Waals surface area contributed by atoms with Gasteiger partial charge in [-0.15, -0.1) is 0 Å². The molecule has 100 valence electrons. The Balaban J connectivity index is 0. The van der Waals surface area contributed by atoms with E-state index in [0.717, 1.165) is 6.54 Å². The van der Waals surface area contributed by atoms with Crippen LogP contribution in [-0.2, 0) is 41.8 Å². The molecule has 0 unspecified atom stereocenters. The van der Waals surface area contributed by atoms with E-state index in [9.17, 15) is 0 Å². The van der Waals surface area contributed by atoms with Gasteiger partial charge in [0.05, 0.1) is 0 Å². The Bertz CT molecular complexity index is 289. The molecule has 4 heteroatoms. The van der Waals surface area contributed by atoms with E-state index < -0.39 is 0 Å². The van der Waals surface area contributed by atoms with Crippen molar-refractivity contribution in [3.63, 3.8) is 0 Å². The number of nitrogens with zero attached hydrogens (tertiary/aromatic N) is 1. The second kappa shape index (κ2) is 14.2. The van der Waals surface area contributed by atoms with Gasteiger partial charge in [0.15, 0.2) is 0 Å². The number of hydrogen-bond acceptors (Lipinski definition) is 1. The Hall–Kier alpha value is 0.132. The van der Waals surface area contributed by atoms with E-state index in [1.165, 1.54) is 5.56 Å². The Morgan fingerprint density at radius 3 is 2.00 bits per heavy atom. The molecule has 0 aliphatic heterocycles. The molecule has 0 saturated carbocycles. The topological polar surface area (TPSA) is 3.24 Å². The summed E-state index contributed by atoms with van der Waals surface area (Å²) in [5.41, 5.74) is 1.39. The summed E-state index contributed by atoms with van der Waals surface area (Å²) < 4.78 is 0. The Morgan fingerprint density at radius 2 is 1.71 bits per heavy atom. The smallest absolute Gasteiger partial charge is 0 e. The maximum absolute atomic E-state index is 4.49. The van der Waals surface area contributed by atoms with Crippen LogP contribution in [-0.4, -0.2) is 19.0 Å². The second-order valence-corrected chi connectivity index (χ2v) is 3.49. The van der Waals surface area contributed by atoms with Crippen molar-refractivity contribution in [2.75, 3.05) is 14.1 Å². The van der Waals surface area contributed by atoms with Crippen molar-refractivity contribution in [2.45, 2.75) is 6.54 Å². The van der Waals surface area contributed by atoms with E-state index in [0.29, 0.717) is 0 Å². The van der Waals surface area contributed by atoms with Crippen molar-refractivity contribution in [3.8, 4) is 0 Å². The molecule has 0 aliphatic rings. The van der Waals surface area contributed by atoms with Crippen molar-refractivity contribution >= 4 is 9.53 Å². The third-order valence-corrected chi connectivity index (χ3v) is 1.79. The molecule has 0 atom stereocenters. The van der Waals surface area contributed by atoms with Crippen LogP contribution in [0.15, 0.2) is 54.6 Å². The molecule has 0 aliphatic carbocycles. The van der Waals surface area contributed by atoms with Crippen LogP contribution in [0.4, 0.5) is 0 Å². The molecule has 0 saturated heterocycles. The first-order chi connectivity index (χ1) is 7.79. The molecule has 2 aromatic rings. The van der Waals surface area contributed by atoms with Gasteiger partial charge in [0.1, 0.15) is 0 Å². The van der Waals surface area contributed by atoms with Crippen LogP contribution in [0.5, 0.6) is 0 Å². The van der Waals surface area contributed by atoms with Gasteiger partial charge in [0.25, 0.3) is 0 Å². The molecule has 1 nitrogen and oxygen atoms in total. The SMILES string of the molecule is CN(C)Cc1ccc[cH-]1.[Cl][Pd+].[Fe].c1cc[cH-]c1. The summed E-state index contributed by atoms with van der Waals surface area (Å²) in [6.45, 7) is 1.05. The summed E-state index contributed by atoms with van der Waals surface area (Å²) in [4.78, 5) is 2.16. The maximum atomic E-state index is 4.49. The summed E-state index contributed by atoms with van der Waals surface area (Å²) in [6.07, 6.45) is 0. The van der Waals surface area contributed by atoms with Gasteiger partial charge in [-0.3, -0.25) is 0 Å². The Labute approximate surface area is 130 Å². The minimum Gasteiger partial charge on any atom is -0.214 e. The number of halogens is 1. The molecule has 0 N–H and O–H groups in total. The molecule has 2 aromatic carbocycles. The van der Waals surface area contributed by atoms with Gasteiger partial charge in [-0.1, -0.05) is 0 Å². The fourth-order valence-corrected chi connectivity index (χ4v) is 1.21. The molecule has 0 fully saturated rings. The summed E-state index contributed by atoms with van der Waals surface area (Å²) in [7, 11) is 8.64. The van der Waals surface area contributed by atoms with Crippen LogP contribution in [0.1, 0.15) is 5.56 Å². The zero-order valence-electron chi connectivity index (χ0n) is 9.90. The van der Waals surface area contributed by atoms with Crippen molar-refractivity contribution in [3.05, 3.63) is 60.2 Å². The molecule has 0 bridgehead atoms. The average molecular weight is 385 g/mol. The Kier molecular flexibility index (Phi) is 16.3. The monoisotopic (exact) mass is 384 g/mol. The number of hydrogen-bond donors (Lipinski definition) is 0. The van der Waals surface area contributed by atoms with Crippen LogP contribution in [0.25, 0.3) is 0 Å². The fraction of sp³-hybridized carbons (Fsp3) is 0.231. The van der Waals surface area contributed by atoms with Crippen LogP contribution < -0.4 is 0 Å². The van der Waals surface area contributed by atoms with E-state index in [2.05, 4.69) is 71.0 Å². The van der Waals surface area contributed by atoms with E-state index in [1.807, 2.05) is 30.3 Å². The summed E-state index contributed by atoms with van der Waals surface area (Å²) >= 11 is 2.22. The minimum absolute atomic E-state index is 0. The molecule has 2 rings (SSSR count). The fourth-order valence-electron chi connectivity index (χ4n) is 1.21.